The molecule has 0 aromatic heterocycles. The molecule has 5 nitrogen and oxygen atoms in total. The van der Waals surface area contributed by atoms with E-state index in [-0.39, 0.29) is 12.1 Å². The number of amidine groups is 1. The van der Waals surface area contributed by atoms with Gasteiger partial charge in [-0.2, -0.15) is 13.2 Å². The van der Waals surface area contributed by atoms with Gasteiger partial charge in [0.1, 0.15) is 0 Å². The highest BCUT2D eigenvalue weighted by Crippen LogP contribution is 2.32. The van der Waals surface area contributed by atoms with Crippen molar-refractivity contribution in [3.05, 3.63) is 35.4 Å². The standard InChI is InChI=1S/C11H12F3N3O2/c12-11(13,14)8(18)7-3-1-6(2-4-7)5-17-10(19)9(15)16/h1-4,8,18H,5H2,(H3,15,16)(H,17,19). The summed E-state index contributed by atoms with van der Waals surface area (Å²) in [6.07, 6.45) is -7.25. The first-order valence-corrected chi connectivity index (χ1v) is 5.17. The second-order valence-corrected chi connectivity index (χ2v) is 3.78. The molecule has 5 N–H and O–H groups in total. The molecule has 0 saturated carbocycles. The summed E-state index contributed by atoms with van der Waals surface area (Å²) in [4.78, 5) is 11.0. The summed E-state index contributed by atoms with van der Waals surface area (Å²) in [7, 11) is 0. The summed E-state index contributed by atoms with van der Waals surface area (Å²) in [6, 6.07) is 4.91. The molecule has 0 radical (unpaired) electrons. The van der Waals surface area contributed by atoms with Crippen LogP contribution in [0.15, 0.2) is 24.3 Å². The lowest BCUT2D eigenvalue weighted by Crippen LogP contribution is -2.35. The maximum atomic E-state index is 12.2. The Bertz CT molecular complexity index is 471. The lowest BCUT2D eigenvalue weighted by Gasteiger charge is -2.15. The Labute approximate surface area is 106 Å². The van der Waals surface area contributed by atoms with E-state index in [9.17, 15) is 18.0 Å². The molecular formula is C11H12F3N3O2. The Morgan fingerprint density at radius 2 is 1.89 bits per heavy atom. The van der Waals surface area contributed by atoms with E-state index in [1.54, 1.807) is 0 Å². The van der Waals surface area contributed by atoms with Crippen LogP contribution in [0.5, 0.6) is 0 Å². The molecule has 0 aliphatic carbocycles. The van der Waals surface area contributed by atoms with Crippen LogP contribution >= 0.6 is 0 Å². The van der Waals surface area contributed by atoms with E-state index in [1.165, 1.54) is 12.1 Å². The molecule has 1 rings (SSSR count). The zero-order chi connectivity index (χ0) is 14.6. The van der Waals surface area contributed by atoms with Gasteiger partial charge in [-0.05, 0) is 11.1 Å². The van der Waals surface area contributed by atoms with Crippen molar-refractivity contribution in [1.82, 2.24) is 5.32 Å². The van der Waals surface area contributed by atoms with E-state index in [0.717, 1.165) is 12.1 Å². The lowest BCUT2D eigenvalue weighted by molar-refractivity contribution is -0.206. The minimum Gasteiger partial charge on any atom is -0.380 e. The Kier molecular flexibility index (Phi) is 4.49. The van der Waals surface area contributed by atoms with Crippen LogP contribution in [0.4, 0.5) is 13.2 Å². The first-order valence-electron chi connectivity index (χ1n) is 5.17. The first-order chi connectivity index (χ1) is 8.71. The van der Waals surface area contributed by atoms with Crippen molar-refractivity contribution < 1.29 is 23.1 Å². The van der Waals surface area contributed by atoms with Crippen molar-refractivity contribution in [2.24, 2.45) is 5.73 Å². The number of nitrogens with two attached hydrogens (primary N) is 1. The average molecular weight is 275 g/mol. The Morgan fingerprint density at radius 1 is 1.37 bits per heavy atom. The van der Waals surface area contributed by atoms with Crippen LogP contribution in [0.2, 0.25) is 0 Å². The molecule has 0 aliphatic heterocycles. The number of aliphatic hydroxyl groups excluding tert-OH is 1. The van der Waals surface area contributed by atoms with Crippen LogP contribution in [0.3, 0.4) is 0 Å². The van der Waals surface area contributed by atoms with Crippen LogP contribution in [-0.4, -0.2) is 23.0 Å². The third-order valence-electron chi connectivity index (χ3n) is 2.30. The second kappa shape index (κ2) is 5.70. The summed E-state index contributed by atoms with van der Waals surface area (Å²) in [6.45, 7) is 0.0286. The zero-order valence-corrected chi connectivity index (χ0v) is 9.66. The molecular weight excluding hydrogens is 263 g/mol. The van der Waals surface area contributed by atoms with Gasteiger partial charge in [-0.15, -0.1) is 0 Å². The van der Waals surface area contributed by atoms with Gasteiger partial charge in [-0.1, -0.05) is 24.3 Å². The van der Waals surface area contributed by atoms with Gasteiger partial charge in [0.15, 0.2) is 11.9 Å². The van der Waals surface area contributed by atoms with Crippen LogP contribution in [0.1, 0.15) is 17.2 Å². The zero-order valence-electron chi connectivity index (χ0n) is 9.66. The van der Waals surface area contributed by atoms with Crippen molar-refractivity contribution in [2.75, 3.05) is 0 Å². The number of aliphatic hydroxyl groups is 1. The van der Waals surface area contributed by atoms with Crippen LogP contribution < -0.4 is 11.1 Å². The number of benzene rings is 1. The van der Waals surface area contributed by atoms with Crippen molar-refractivity contribution >= 4 is 11.7 Å². The number of halogens is 3. The minimum atomic E-state index is -4.72. The molecule has 0 heterocycles. The van der Waals surface area contributed by atoms with Gasteiger partial charge in [0.25, 0.3) is 5.91 Å². The van der Waals surface area contributed by atoms with Crippen molar-refractivity contribution in [2.45, 2.75) is 18.8 Å². The minimum absolute atomic E-state index is 0.0286. The van der Waals surface area contributed by atoms with Crippen molar-refractivity contribution in [1.29, 1.82) is 5.41 Å². The first kappa shape index (κ1) is 15.0. The summed E-state index contributed by atoms with van der Waals surface area (Å²) in [5.41, 5.74) is 5.16. The number of hydrogen-bond acceptors (Lipinski definition) is 3. The van der Waals surface area contributed by atoms with E-state index in [1.807, 2.05) is 0 Å². The summed E-state index contributed by atoms with van der Waals surface area (Å²) >= 11 is 0. The highest BCUT2D eigenvalue weighted by Gasteiger charge is 2.39. The summed E-state index contributed by atoms with van der Waals surface area (Å²) in [5.74, 6) is -1.41. The number of carbonyl (C=O) groups is 1. The number of rotatable bonds is 3. The number of carbonyl (C=O) groups excluding carboxylic acids is 1. The molecule has 0 aliphatic rings. The Hall–Kier alpha value is -2.09. The molecule has 1 aromatic rings. The third-order valence-corrected chi connectivity index (χ3v) is 2.30. The van der Waals surface area contributed by atoms with Gasteiger partial charge in [-0.3, -0.25) is 10.2 Å². The fourth-order valence-corrected chi connectivity index (χ4v) is 1.28. The van der Waals surface area contributed by atoms with Gasteiger partial charge in [-0.25, -0.2) is 0 Å². The predicted molar refractivity (Wildman–Crippen MR) is 61.2 cm³/mol. The SMILES string of the molecule is N=C(N)C(=O)NCc1ccc(C(O)C(F)(F)F)cc1. The van der Waals surface area contributed by atoms with Gasteiger partial charge in [0.05, 0.1) is 0 Å². The van der Waals surface area contributed by atoms with Crippen LogP contribution in [-0.2, 0) is 11.3 Å². The van der Waals surface area contributed by atoms with E-state index < -0.39 is 24.0 Å². The number of alkyl halides is 3. The van der Waals surface area contributed by atoms with E-state index in [0.29, 0.717) is 5.56 Å². The second-order valence-electron chi connectivity index (χ2n) is 3.78. The molecule has 1 atom stereocenters. The van der Waals surface area contributed by atoms with E-state index in [4.69, 9.17) is 16.2 Å². The quantitative estimate of drug-likeness (QED) is 0.485. The average Bonchev–Trinajstić information content (AvgIpc) is 2.34. The molecule has 8 heteroatoms. The van der Waals surface area contributed by atoms with Gasteiger partial charge in [0.2, 0.25) is 0 Å². The van der Waals surface area contributed by atoms with Crippen molar-refractivity contribution in [3.8, 4) is 0 Å². The number of hydrogen-bond donors (Lipinski definition) is 4. The maximum absolute atomic E-state index is 12.2. The lowest BCUT2D eigenvalue weighted by atomic mass is 10.1. The summed E-state index contributed by atoms with van der Waals surface area (Å²) in [5, 5.41) is 18.1. The smallest absolute Gasteiger partial charge is 0.380 e. The van der Waals surface area contributed by atoms with Gasteiger partial charge >= 0.3 is 6.18 Å². The largest absolute Gasteiger partial charge is 0.418 e. The van der Waals surface area contributed by atoms with Crippen LogP contribution in [0.25, 0.3) is 0 Å². The van der Waals surface area contributed by atoms with E-state index >= 15 is 0 Å². The van der Waals surface area contributed by atoms with Crippen molar-refractivity contribution in [3.63, 3.8) is 0 Å². The Morgan fingerprint density at radius 3 is 2.32 bits per heavy atom. The highest BCUT2D eigenvalue weighted by molar-refractivity contribution is 6.35. The monoisotopic (exact) mass is 275 g/mol. The fraction of sp³-hybridized carbons (Fsp3) is 0.273. The Balaban J connectivity index is 2.67. The molecule has 0 fully saturated rings. The maximum Gasteiger partial charge on any atom is 0.418 e. The molecule has 1 aromatic carbocycles. The molecule has 0 saturated heterocycles. The van der Waals surface area contributed by atoms with E-state index in [2.05, 4.69) is 5.32 Å². The molecule has 1 amide bonds. The van der Waals surface area contributed by atoms with Gasteiger partial charge in [0, 0.05) is 6.54 Å². The van der Waals surface area contributed by atoms with Crippen LogP contribution in [0, 0.1) is 5.41 Å². The topological polar surface area (TPSA) is 99.2 Å². The molecule has 0 spiro atoms. The fourth-order valence-electron chi connectivity index (χ4n) is 1.28. The normalized spacial score (nSPS) is 12.8. The molecule has 104 valence electrons. The molecule has 0 bridgehead atoms. The third kappa shape index (κ3) is 4.25. The highest BCUT2D eigenvalue weighted by atomic mass is 19.4. The number of amides is 1. The predicted octanol–water partition coefficient (Wildman–Crippen LogP) is 0.834. The summed E-state index contributed by atoms with van der Waals surface area (Å²) < 4.78 is 36.7. The molecule has 1 unspecified atom stereocenters. The number of nitrogens with one attached hydrogen (secondary N) is 2. The molecule has 19 heavy (non-hydrogen) atoms. The van der Waals surface area contributed by atoms with Gasteiger partial charge < -0.3 is 16.2 Å².